The number of hydrogen-bond acceptors (Lipinski definition) is 3. The largest absolute Gasteiger partial charge is 0.392 e. The van der Waals surface area contributed by atoms with Crippen LogP contribution in [0.25, 0.3) is 0 Å². The summed E-state index contributed by atoms with van der Waals surface area (Å²) in [5, 5.41) is 10.6. The molecule has 7 rings (SSSR count). The van der Waals surface area contributed by atoms with Crippen LogP contribution in [0.15, 0.2) is 12.2 Å². The maximum absolute atomic E-state index is 12.9. The van der Waals surface area contributed by atoms with E-state index in [-0.39, 0.29) is 23.7 Å². The maximum atomic E-state index is 12.9. The second-order valence-corrected chi connectivity index (χ2v) is 8.40. The molecule has 3 unspecified atom stereocenters. The third-order valence-corrected chi connectivity index (χ3v) is 8.65. The van der Waals surface area contributed by atoms with Crippen molar-refractivity contribution >= 4 is 11.6 Å². The maximum Gasteiger partial charge on any atom is 0.142 e. The summed E-state index contributed by atoms with van der Waals surface area (Å²) < 4.78 is 0. The van der Waals surface area contributed by atoms with E-state index in [9.17, 15) is 14.7 Å². The van der Waals surface area contributed by atoms with Crippen LogP contribution in [0.4, 0.5) is 0 Å². The zero-order valence-corrected chi connectivity index (χ0v) is 10.9. The molecule has 7 aliphatic rings. The quantitative estimate of drug-likeness (QED) is 0.652. The van der Waals surface area contributed by atoms with E-state index in [1.165, 1.54) is 0 Å². The Morgan fingerprint density at radius 3 is 1.60 bits per heavy atom. The van der Waals surface area contributed by atoms with Gasteiger partial charge in [-0.25, -0.2) is 0 Å². The van der Waals surface area contributed by atoms with Crippen LogP contribution in [0.1, 0.15) is 0 Å². The fraction of sp³-hybridized carbons (Fsp3) is 0.765. The van der Waals surface area contributed by atoms with Crippen LogP contribution in [0.3, 0.4) is 0 Å². The molecule has 3 heteroatoms. The third-order valence-electron chi connectivity index (χ3n) is 8.65. The van der Waals surface area contributed by atoms with Crippen LogP contribution in [-0.2, 0) is 9.59 Å². The molecule has 102 valence electrons. The molecule has 0 aliphatic heterocycles. The van der Waals surface area contributed by atoms with Crippen molar-refractivity contribution in [3.8, 4) is 0 Å². The Morgan fingerprint density at radius 1 is 0.650 bits per heavy atom. The van der Waals surface area contributed by atoms with Crippen LogP contribution in [-0.4, -0.2) is 22.8 Å². The average Bonchev–Trinajstić information content (AvgIpc) is 3.11. The number of aliphatic hydroxyl groups excluding tert-OH is 1. The van der Waals surface area contributed by atoms with Gasteiger partial charge < -0.3 is 5.11 Å². The molecule has 0 aromatic carbocycles. The smallest absolute Gasteiger partial charge is 0.142 e. The summed E-state index contributed by atoms with van der Waals surface area (Å²) in [5.74, 6) is 4.40. The summed E-state index contributed by atoms with van der Waals surface area (Å²) in [5.41, 5.74) is 0. The third kappa shape index (κ3) is 0.621. The Kier molecular flexibility index (Phi) is 1.22. The number of allylic oxidation sites excluding steroid dienone is 2. The number of carbonyl (C=O) groups excluding carboxylic acids is 2. The summed E-state index contributed by atoms with van der Waals surface area (Å²) >= 11 is 0. The van der Waals surface area contributed by atoms with E-state index in [1.807, 2.05) is 0 Å². The Labute approximate surface area is 116 Å². The van der Waals surface area contributed by atoms with Crippen molar-refractivity contribution < 1.29 is 14.7 Å². The van der Waals surface area contributed by atoms with Gasteiger partial charge in [0.25, 0.3) is 0 Å². The second-order valence-electron chi connectivity index (χ2n) is 8.40. The Balaban J connectivity index is 1.60. The van der Waals surface area contributed by atoms with Crippen LogP contribution < -0.4 is 0 Å². The summed E-state index contributed by atoms with van der Waals surface area (Å²) in [7, 11) is 0. The highest BCUT2D eigenvalue weighted by molar-refractivity contribution is 5.96. The number of fused-ring (bicyclic) bond motifs is 2. The first-order chi connectivity index (χ1) is 9.72. The summed E-state index contributed by atoms with van der Waals surface area (Å²) in [4.78, 5) is 25.7. The zero-order valence-electron chi connectivity index (χ0n) is 10.9. The zero-order chi connectivity index (χ0) is 13.1. The predicted octanol–water partition coefficient (Wildman–Crippen LogP) is 0.531. The van der Waals surface area contributed by atoms with Crippen molar-refractivity contribution in [1.29, 1.82) is 0 Å². The standard InChI is InChI=1S/C17H16O3/c18-15-6-3-1-2-4-5(3)8-9(6)11-12-10(8)7(4)16(19)14(12)17(20)13(11)15/h1-14,17,20H/t3-,4+,5?,6-,7-,8?,9+,10+,11-,12-,13+,14-,17?/m1/s1. The Bertz CT molecular complexity index is 595. The van der Waals surface area contributed by atoms with Crippen molar-refractivity contribution in [3.63, 3.8) is 0 Å². The van der Waals surface area contributed by atoms with Gasteiger partial charge >= 0.3 is 0 Å². The minimum absolute atomic E-state index is 0.191. The molecule has 1 N–H and O–H groups in total. The Hall–Kier alpha value is -0.960. The Morgan fingerprint density at radius 2 is 1.10 bits per heavy atom. The van der Waals surface area contributed by atoms with E-state index < -0.39 is 6.10 Å². The number of carbonyl (C=O) groups is 2. The minimum atomic E-state index is -0.653. The fourth-order valence-electron chi connectivity index (χ4n) is 8.82. The first kappa shape index (κ1) is 9.88. The van der Waals surface area contributed by atoms with E-state index in [0.29, 0.717) is 58.9 Å². The summed E-state index contributed by atoms with van der Waals surface area (Å²) in [6.07, 6.45) is 3.87. The number of ketones is 2. The molecule has 3 nitrogen and oxygen atoms in total. The van der Waals surface area contributed by atoms with Crippen molar-refractivity contribution in [1.82, 2.24) is 0 Å². The molecule has 0 radical (unpaired) electrons. The number of rotatable bonds is 0. The van der Waals surface area contributed by atoms with Crippen LogP contribution in [0.2, 0.25) is 0 Å². The lowest BCUT2D eigenvalue weighted by Gasteiger charge is -2.25. The molecule has 0 saturated heterocycles. The topological polar surface area (TPSA) is 54.4 Å². The van der Waals surface area contributed by atoms with Crippen LogP contribution in [0, 0.1) is 71.0 Å². The SMILES string of the molecule is O=C1[C@H]2[C@H]3C4C5[C@@H](C=C[C@@H]52)[C@H]2C(=O)[C@H]5C(O)[C@@H]1[C@H]3[C@H]5[C@H]42. The highest BCUT2D eigenvalue weighted by Gasteiger charge is 2.84. The summed E-state index contributed by atoms with van der Waals surface area (Å²) in [6, 6.07) is 0. The molecule has 0 spiro atoms. The lowest BCUT2D eigenvalue weighted by molar-refractivity contribution is -0.133. The molecule has 0 aromatic heterocycles. The highest BCUT2D eigenvalue weighted by Crippen LogP contribution is 2.82. The van der Waals surface area contributed by atoms with E-state index in [0.717, 1.165) is 0 Å². The van der Waals surface area contributed by atoms with E-state index in [1.54, 1.807) is 0 Å². The second kappa shape index (κ2) is 2.47. The number of aliphatic hydroxyl groups is 1. The fourth-order valence-corrected chi connectivity index (χ4v) is 8.82. The molecular formula is C17H16O3. The van der Waals surface area contributed by atoms with Crippen molar-refractivity contribution in [2.75, 3.05) is 0 Å². The van der Waals surface area contributed by atoms with Gasteiger partial charge in [0, 0.05) is 23.7 Å². The van der Waals surface area contributed by atoms with Gasteiger partial charge in [-0.3, -0.25) is 9.59 Å². The lowest BCUT2D eigenvalue weighted by Crippen LogP contribution is -2.37. The molecule has 13 atom stereocenters. The normalized spacial score (nSPS) is 75.8. The van der Waals surface area contributed by atoms with E-state index >= 15 is 0 Å². The molecule has 0 amide bonds. The summed E-state index contributed by atoms with van der Waals surface area (Å²) in [6.45, 7) is 0. The minimum Gasteiger partial charge on any atom is -0.392 e. The molecular weight excluding hydrogens is 252 g/mol. The van der Waals surface area contributed by atoms with Crippen molar-refractivity contribution in [2.45, 2.75) is 6.10 Å². The number of hydrogen-bond donors (Lipinski definition) is 1. The van der Waals surface area contributed by atoms with E-state index in [4.69, 9.17) is 0 Å². The van der Waals surface area contributed by atoms with Crippen LogP contribution >= 0.6 is 0 Å². The monoisotopic (exact) mass is 268 g/mol. The first-order valence-electron chi connectivity index (χ1n) is 8.15. The van der Waals surface area contributed by atoms with E-state index in [2.05, 4.69) is 12.2 Å². The molecule has 0 aromatic rings. The van der Waals surface area contributed by atoms with Gasteiger partial charge in [-0.2, -0.15) is 0 Å². The molecule has 7 aliphatic carbocycles. The molecule has 6 fully saturated rings. The van der Waals surface area contributed by atoms with Crippen molar-refractivity contribution in [3.05, 3.63) is 12.2 Å². The molecule has 6 saturated carbocycles. The first-order valence-corrected chi connectivity index (χ1v) is 8.15. The molecule has 0 heterocycles. The lowest BCUT2D eigenvalue weighted by atomic mass is 9.78. The van der Waals surface area contributed by atoms with Gasteiger partial charge in [-0.1, -0.05) is 12.2 Å². The highest BCUT2D eigenvalue weighted by atomic mass is 16.3. The van der Waals surface area contributed by atoms with Gasteiger partial charge in [-0.05, 0) is 47.3 Å². The molecule has 20 heavy (non-hydrogen) atoms. The predicted molar refractivity (Wildman–Crippen MR) is 67.0 cm³/mol. The van der Waals surface area contributed by atoms with Gasteiger partial charge in [0.05, 0.1) is 6.10 Å². The number of Topliss-reactive ketones (excluding diaryl/α,β-unsaturated/α-hetero) is 2. The molecule has 0 bridgehead atoms. The van der Waals surface area contributed by atoms with Gasteiger partial charge in [0.2, 0.25) is 0 Å². The average molecular weight is 268 g/mol. The van der Waals surface area contributed by atoms with Gasteiger partial charge in [0.1, 0.15) is 11.6 Å². The van der Waals surface area contributed by atoms with Gasteiger partial charge in [0.15, 0.2) is 0 Å². The van der Waals surface area contributed by atoms with Gasteiger partial charge in [-0.15, -0.1) is 0 Å². The van der Waals surface area contributed by atoms with Crippen molar-refractivity contribution in [2.24, 2.45) is 71.0 Å². The van der Waals surface area contributed by atoms with Crippen LogP contribution in [0.5, 0.6) is 0 Å².